The molecule has 0 aliphatic rings. The van der Waals surface area contributed by atoms with Crippen molar-refractivity contribution in [3.8, 4) is 0 Å². The van der Waals surface area contributed by atoms with Gasteiger partial charge in [0.25, 0.3) is 0 Å². The first-order chi connectivity index (χ1) is 11.5. The van der Waals surface area contributed by atoms with E-state index in [4.69, 9.17) is 13.3 Å². The Labute approximate surface area is 143 Å². The molecule has 0 aliphatic heterocycles. The number of hydrogen-bond acceptors (Lipinski definition) is 3. The maximum Gasteiger partial charge on any atom is 0.500 e. The van der Waals surface area contributed by atoms with E-state index in [2.05, 4.69) is 0 Å². The average Bonchev–Trinajstić information content (AvgIpc) is 2.53. The van der Waals surface area contributed by atoms with Crippen LogP contribution >= 0.6 is 0 Å². The molecule has 0 aliphatic carbocycles. The summed E-state index contributed by atoms with van der Waals surface area (Å²) in [5.74, 6) is -3.69. The molecule has 0 fully saturated rings. The van der Waals surface area contributed by atoms with Crippen molar-refractivity contribution in [2.45, 2.75) is 52.5 Å². The molecule has 7 heteroatoms. The quantitative estimate of drug-likeness (QED) is 0.301. The van der Waals surface area contributed by atoms with Crippen molar-refractivity contribution in [1.82, 2.24) is 0 Å². The van der Waals surface area contributed by atoms with Gasteiger partial charge in [0.2, 0.25) is 0 Å². The van der Waals surface area contributed by atoms with Crippen LogP contribution < -0.4 is 0 Å². The van der Waals surface area contributed by atoms with Crippen LogP contribution in [0.3, 0.4) is 0 Å². The van der Waals surface area contributed by atoms with Crippen molar-refractivity contribution >= 4 is 8.80 Å². The molecule has 0 N–H and O–H groups in total. The summed E-state index contributed by atoms with van der Waals surface area (Å²) in [6.07, 6.45) is 2.95. The van der Waals surface area contributed by atoms with E-state index >= 15 is 0 Å². The third kappa shape index (κ3) is 6.55. The molecule has 1 rings (SSSR count). The molecule has 0 aromatic heterocycles. The smallest absolute Gasteiger partial charge is 0.374 e. The zero-order valence-electron chi connectivity index (χ0n) is 14.7. The Hall–Kier alpha value is -0.893. The fraction of sp³-hybridized carbons (Fsp3) is 0.647. The molecule has 0 unspecified atom stereocenters. The van der Waals surface area contributed by atoms with Crippen LogP contribution in [0.1, 0.15) is 45.6 Å². The summed E-state index contributed by atoms with van der Waals surface area (Å²) >= 11 is 0. The highest BCUT2D eigenvalue weighted by Gasteiger charge is 2.39. The van der Waals surface area contributed by atoms with Crippen molar-refractivity contribution in [3.05, 3.63) is 35.1 Å². The van der Waals surface area contributed by atoms with Crippen molar-refractivity contribution in [2.75, 3.05) is 19.8 Å². The Kier molecular flexibility index (Phi) is 9.58. The number of rotatable bonds is 12. The summed E-state index contributed by atoms with van der Waals surface area (Å²) in [6.45, 7) is 7.37. The van der Waals surface area contributed by atoms with E-state index in [-0.39, 0.29) is 0 Å². The Morgan fingerprint density at radius 1 is 0.792 bits per heavy atom. The zero-order valence-corrected chi connectivity index (χ0v) is 15.7. The normalized spacial score (nSPS) is 11.9. The van der Waals surface area contributed by atoms with Crippen LogP contribution in [0.2, 0.25) is 6.04 Å². The standard InChI is InChI=1S/C17H27F3O3Si/c1-4-21-24(22-5-2,23-6-3)11-9-7-8-10-14-12-15(18)17(20)16(19)13-14/h12-13H,4-11H2,1-3H3. The van der Waals surface area contributed by atoms with Gasteiger partial charge in [0.05, 0.1) is 0 Å². The van der Waals surface area contributed by atoms with E-state index in [1.54, 1.807) is 0 Å². The molecule has 1 aromatic carbocycles. The average molecular weight is 364 g/mol. The van der Waals surface area contributed by atoms with Crippen molar-refractivity contribution in [2.24, 2.45) is 0 Å². The minimum atomic E-state index is -2.62. The molecule has 0 amide bonds. The summed E-state index contributed by atoms with van der Waals surface area (Å²) in [5.41, 5.74) is 0.467. The van der Waals surface area contributed by atoms with Crippen LogP contribution in [0, 0.1) is 17.5 Å². The second-order valence-electron chi connectivity index (χ2n) is 5.42. The van der Waals surface area contributed by atoms with Gasteiger partial charge in [-0.25, -0.2) is 13.2 Å². The first kappa shape index (κ1) is 21.2. The Morgan fingerprint density at radius 2 is 1.29 bits per heavy atom. The molecule has 0 spiro atoms. The summed E-state index contributed by atoms with van der Waals surface area (Å²) in [7, 11) is -2.62. The molecule has 138 valence electrons. The summed E-state index contributed by atoms with van der Waals surface area (Å²) in [4.78, 5) is 0. The van der Waals surface area contributed by atoms with E-state index in [0.29, 0.717) is 37.8 Å². The Balaban J connectivity index is 2.45. The van der Waals surface area contributed by atoms with Crippen molar-refractivity contribution in [1.29, 1.82) is 0 Å². The summed E-state index contributed by atoms with van der Waals surface area (Å²) in [6, 6.07) is 2.82. The van der Waals surface area contributed by atoms with Crippen LogP contribution in [0.5, 0.6) is 0 Å². The number of aryl methyl sites for hydroxylation is 1. The molecule has 24 heavy (non-hydrogen) atoms. The van der Waals surface area contributed by atoms with Gasteiger partial charge in [-0.2, -0.15) is 0 Å². The molecule has 0 heterocycles. The van der Waals surface area contributed by atoms with Gasteiger partial charge in [-0.1, -0.05) is 6.42 Å². The first-order valence-corrected chi connectivity index (χ1v) is 10.5. The van der Waals surface area contributed by atoms with Crippen LogP contribution in [-0.2, 0) is 19.7 Å². The lowest BCUT2D eigenvalue weighted by molar-refractivity contribution is 0.0706. The van der Waals surface area contributed by atoms with E-state index in [1.807, 2.05) is 20.8 Å². The van der Waals surface area contributed by atoms with Crippen LogP contribution in [-0.4, -0.2) is 28.6 Å². The van der Waals surface area contributed by atoms with Gasteiger partial charge in [0.15, 0.2) is 17.5 Å². The Bertz CT molecular complexity index is 460. The second-order valence-corrected chi connectivity index (χ2v) is 8.15. The van der Waals surface area contributed by atoms with Crippen molar-refractivity contribution in [3.63, 3.8) is 0 Å². The number of halogens is 3. The van der Waals surface area contributed by atoms with Gasteiger partial charge in [0.1, 0.15) is 0 Å². The Morgan fingerprint density at radius 3 is 1.75 bits per heavy atom. The lowest BCUT2D eigenvalue weighted by Crippen LogP contribution is -2.45. The molecule has 0 atom stereocenters. The van der Waals surface area contributed by atoms with Gasteiger partial charge >= 0.3 is 8.80 Å². The first-order valence-electron chi connectivity index (χ1n) is 8.53. The minimum Gasteiger partial charge on any atom is -0.374 e. The maximum absolute atomic E-state index is 13.2. The molecule has 3 nitrogen and oxygen atoms in total. The van der Waals surface area contributed by atoms with Gasteiger partial charge in [0, 0.05) is 25.9 Å². The second kappa shape index (κ2) is 10.9. The van der Waals surface area contributed by atoms with E-state index < -0.39 is 26.3 Å². The predicted molar refractivity (Wildman–Crippen MR) is 89.3 cm³/mol. The van der Waals surface area contributed by atoms with Gasteiger partial charge in [-0.15, -0.1) is 0 Å². The fourth-order valence-corrected chi connectivity index (χ4v) is 5.29. The lowest BCUT2D eigenvalue weighted by Gasteiger charge is -2.28. The summed E-state index contributed by atoms with van der Waals surface area (Å²) in [5, 5.41) is 0. The number of benzene rings is 1. The van der Waals surface area contributed by atoms with Gasteiger partial charge in [-0.3, -0.25) is 0 Å². The monoisotopic (exact) mass is 364 g/mol. The highest BCUT2D eigenvalue weighted by atomic mass is 28.4. The minimum absolute atomic E-state index is 0.467. The largest absolute Gasteiger partial charge is 0.500 e. The third-order valence-electron chi connectivity index (χ3n) is 3.58. The lowest BCUT2D eigenvalue weighted by atomic mass is 10.1. The van der Waals surface area contributed by atoms with E-state index in [1.165, 1.54) is 0 Å². The SMILES string of the molecule is CCO[Si](CCCCCc1cc(F)c(F)c(F)c1)(OCC)OCC. The molecular weight excluding hydrogens is 337 g/mol. The molecule has 0 radical (unpaired) electrons. The van der Waals surface area contributed by atoms with Crippen LogP contribution in [0.25, 0.3) is 0 Å². The van der Waals surface area contributed by atoms with Crippen LogP contribution in [0.15, 0.2) is 12.1 Å². The topological polar surface area (TPSA) is 27.7 Å². The summed E-state index contributed by atoms with van der Waals surface area (Å²) < 4.78 is 56.6. The molecule has 1 aromatic rings. The van der Waals surface area contributed by atoms with Crippen LogP contribution in [0.4, 0.5) is 13.2 Å². The predicted octanol–water partition coefficient (Wildman–Crippen LogP) is 4.87. The maximum atomic E-state index is 13.2. The van der Waals surface area contributed by atoms with E-state index in [9.17, 15) is 13.2 Å². The third-order valence-corrected chi connectivity index (χ3v) is 6.74. The van der Waals surface area contributed by atoms with E-state index in [0.717, 1.165) is 31.4 Å². The van der Waals surface area contributed by atoms with Gasteiger partial charge in [-0.05, 0) is 57.7 Å². The number of unbranched alkanes of at least 4 members (excludes halogenated alkanes) is 2. The number of hydrogen-bond donors (Lipinski definition) is 0. The molecule has 0 saturated carbocycles. The molecule has 0 saturated heterocycles. The van der Waals surface area contributed by atoms with Crippen molar-refractivity contribution < 1.29 is 26.4 Å². The fourth-order valence-electron chi connectivity index (χ4n) is 2.60. The molecular formula is C17H27F3O3Si. The highest BCUT2D eigenvalue weighted by Crippen LogP contribution is 2.21. The van der Waals surface area contributed by atoms with Gasteiger partial charge < -0.3 is 13.3 Å². The highest BCUT2D eigenvalue weighted by molar-refractivity contribution is 6.60. The zero-order chi connectivity index (χ0) is 18.0. The molecule has 0 bridgehead atoms.